The van der Waals surface area contributed by atoms with Crippen LogP contribution in [0.1, 0.15) is 53.5 Å². The Morgan fingerprint density at radius 3 is 2.49 bits per heavy atom. The first-order valence-electron chi connectivity index (χ1n) is 10.8. The number of rotatable bonds is 5. The van der Waals surface area contributed by atoms with Gasteiger partial charge in [0.25, 0.3) is 5.91 Å². The standard InChI is InChI=1S/C24H20ClF5N4O/c25-15-9-17(27)11-18(10-15)31-22(32-23(35)14-4-3-5-16(26)8-14)13-20-12-21(24(28,29)30)33-34(20)19-6-1-2-7-19/h3-5,8-12,19H,1-2,6-7,13H2,(H,31,32,35). The van der Waals surface area contributed by atoms with Crippen LogP contribution in [0.15, 0.2) is 53.5 Å². The van der Waals surface area contributed by atoms with Gasteiger partial charge < -0.3 is 5.32 Å². The lowest BCUT2D eigenvalue weighted by molar-refractivity contribution is -0.141. The number of halogens is 6. The number of hydrogen-bond donors (Lipinski definition) is 1. The van der Waals surface area contributed by atoms with Crippen LogP contribution >= 0.6 is 11.6 Å². The molecular formula is C24H20ClF5N4O. The molecule has 35 heavy (non-hydrogen) atoms. The summed E-state index contributed by atoms with van der Waals surface area (Å²) < 4.78 is 69.1. The van der Waals surface area contributed by atoms with E-state index >= 15 is 0 Å². The van der Waals surface area contributed by atoms with Crippen LogP contribution in [0.25, 0.3) is 0 Å². The van der Waals surface area contributed by atoms with Gasteiger partial charge in [-0.05, 0) is 55.3 Å². The molecule has 1 aliphatic carbocycles. The van der Waals surface area contributed by atoms with E-state index in [9.17, 15) is 26.7 Å². The van der Waals surface area contributed by atoms with Crippen molar-refractivity contribution < 1.29 is 26.7 Å². The summed E-state index contributed by atoms with van der Waals surface area (Å²) in [5, 5.41) is 6.36. The van der Waals surface area contributed by atoms with E-state index < -0.39 is 29.4 Å². The van der Waals surface area contributed by atoms with Gasteiger partial charge in [-0.15, -0.1) is 0 Å². The molecule has 0 unspecified atom stereocenters. The molecule has 1 aromatic heterocycles. The zero-order chi connectivity index (χ0) is 25.2. The average molecular weight is 511 g/mol. The molecule has 0 saturated heterocycles. The van der Waals surface area contributed by atoms with Gasteiger partial charge >= 0.3 is 6.18 Å². The number of amidine groups is 1. The second-order valence-electron chi connectivity index (χ2n) is 8.23. The van der Waals surface area contributed by atoms with Crippen molar-refractivity contribution in [1.29, 1.82) is 0 Å². The zero-order valence-electron chi connectivity index (χ0n) is 18.2. The number of amides is 1. The van der Waals surface area contributed by atoms with E-state index in [0.717, 1.165) is 37.1 Å². The maximum atomic E-state index is 13.9. The van der Waals surface area contributed by atoms with Crippen molar-refractivity contribution in [2.45, 2.75) is 44.3 Å². The summed E-state index contributed by atoms with van der Waals surface area (Å²) in [4.78, 5) is 17.0. The summed E-state index contributed by atoms with van der Waals surface area (Å²) in [6, 6.07) is 9.07. The summed E-state index contributed by atoms with van der Waals surface area (Å²) in [5.41, 5.74) is -0.836. The minimum atomic E-state index is -4.66. The minimum absolute atomic E-state index is 0.0183. The monoisotopic (exact) mass is 510 g/mol. The predicted octanol–water partition coefficient (Wildman–Crippen LogP) is 6.65. The van der Waals surface area contributed by atoms with Crippen molar-refractivity contribution in [2.24, 2.45) is 4.99 Å². The second kappa shape index (κ2) is 10.2. The topological polar surface area (TPSA) is 59.3 Å². The third-order valence-corrected chi connectivity index (χ3v) is 5.80. The number of alkyl halides is 3. The number of aliphatic imine (C=N–C) groups is 1. The Morgan fingerprint density at radius 2 is 1.83 bits per heavy atom. The number of nitrogens with zero attached hydrogens (tertiary/aromatic N) is 3. The molecule has 1 amide bonds. The summed E-state index contributed by atoms with van der Waals surface area (Å²) >= 11 is 5.90. The van der Waals surface area contributed by atoms with Crippen molar-refractivity contribution in [3.8, 4) is 0 Å². The normalized spacial score (nSPS) is 15.0. The highest BCUT2D eigenvalue weighted by Crippen LogP contribution is 2.34. The van der Waals surface area contributed by atoms with E-state index in [1.165, 1.54) is 28.9 Å². The molecule has 1 aliphatic rings. The van der Waals surface area contributed by atoms with Gasteiger partial charge in [-0.25, -0.2) is 13.8 Å². The summed E-state index contributed by atoms with van der Waals surface area (Å²) in [5.74, 6) is -2.12. The smallest absolute Gasteiger partial charge is 0.310 e. The van der Waals surface area contributed by atoms with Crippen LogP contribution in [0.5, 0.6) is 0 Å². The van der Waals surface area contributed by atoms with Crippen LogP contribution in [0.4, 0.5) is 27.6 Å². The zero-order valence-corrected chi connectivity index (χ0v) is 19.0. The number of aromatic nitrogens is 2. The molecule has 3 aromatic rings. The van der Waals surface area contributed by atoms with Gasteiger partial charge in [-0.1, -0.05) is 30.5 Å². The maximum absolute atomic E-state index is 13.9. The first kappa shape index (κ1) is 24.8. The van der Waals surface area contributed by atoms with E-state index in [1.807, 2.05) is 0 Å². The van der Waals surface area contributed by atoms with Crippen LogP contribution in [-0.2, 0) is 12.6 Å². The number of carbonyl (C=O) groups is 1. The Balaban J connectivity index is 1.73. The number of benzene rings is 2. The molecule has 1 saturated carbocycles. The molecule has 2 aromatic carbocycles. The molecule has 0 atom stereocenters. The molecule has 11 heteroatoms. The molecule has 0 radical (unpaired) electrons. The molecule has 5 nitrogen and oxygen atoms in total. The summed E-state index contributed by atoms with van der Waals surface area (Å²) in [6.07, 6.45) is -1.82. The lowest BCUT2D eigenvalue weighted by atomic mass is 10.2. The molecule has 1 heterocycles. The maximum Gasteiger partial charge on any atom is 0.435 e. The lowest BCUT2D eigenvalue weighted by Gasteiger charge is -2.16. The van der Waals surface area contributed by atoms with E-state index in [0.29, 0.717) is 12.8 Å². The Labute approximate surface area is 202 Å². The Bertz CT molecular complexity index is 1240. The van der Waals surface area contributed by atoms with Gasteiger partial charge in [0, 0.05) is 22.7 Å². The molecule has 0 aliphatic heterocycles. The molecule has 0 spiro atoms. The Hall–Kier alpha value is -3.27. The minimum Gasteiger partial charge on any atom is -0.310 e. The van der Waals surface area contributed by atoms with Crippen molar-refractivity contribution in [1.82, 2.24) is 15.1 Å². The van der Waals surface area contributed by atoms with Gasteiger partial charge in [0.2, 0.25) is 0 Å². The van der Waals surface area contributed by atoms with Crippen LogP contribution in [-0.4, -0.2) is 21.5 Å². The van der Waals surface area contributed by atoms with Gasteiger partial charge in [-0.2, -0.15) is 18.3 Å². The molecule has 0 bridgehead atoms. The van der Waals surface area contributed by atoms with E-state index in [2.05, 4.69) is 15.4 Å². The fourth-order valence-corrected chi connectivity index (χ4v) is 4.26. The first-order chi connectivity index (χ1) is 16.6. The molecular weight excluding hydrogens is 491 g/mol. The third kappa shape index (κ3) is 6.25. The quantitative estimate of drug-likeness (QED) is 0.237. The van der Waals surface area contributed by atoms with Gasteiger partial charge in [0.1, 0.15) is 17.5 Å². The Kier molecular flexibility index (Phi) is 7.20. The highest BCUT2D eigenvalue weighted by atomic mass is 35.5. The Morgan fingerprint density at radius 1 is 1.09 bits per heavy atom. The molecule has 4 rings (SSSR count). The first-order valence-corrected chi connectivity index (χ1v) is 11.2. The van der Waals surface area contributed by atoms with Crippen molar-refractivity contribution in [3.63, 3.8) is 0 Å². The van der Waals surface area contributed by atoms with Crippen LogP contribution < -0.4 is 5.32 Å². The molecule has 1 fully saturated rings. The van der Waals surface area contributed by atoms with Crippen molar-refractivity contribution in [2.75, 3.05) is 0 Å². The number of nitrogens with one attached hydrogen (secondary N) is 1. The van der Waals surface area contributed by atoms with E-state index in [-0.39, 0.29) is 40.3 Å². The number of hydrogen-bond acceptors (Lipinski definition) is 3. The second-order valence-corrected chi connectivity index (χ2v) is 8.67. The van der Waals surface area contributed by atoms with Crippen LogP contribution in [0.2, 0.25) is 5.02 Å². The van der Waals surface area contributed by atoms with Crippen molar-refractivity contribution in [3.05, 3.63) is 82.1 Å². The largest absolute Gasteiger partial charge is 0.435 e. The fourth-order valence-electron chi connectivity index (χ4n) is 4.04. The van der Waals surface area contributed by atoms with E-state index in [1.54, 1.807) is 0 Å². The number of carbonyl (C=O) groups excluding carboxylic acids is 1. The molecule has 1 N–H and O–H groups in total. The van der Waals surface area contributed by atoms with Crippen LogP contribution in [0.3, 0.4) is 0 Å². The van der Waals surface area contributed by atoms with Gasteiger partial charge in [0.05, 0.1) is 11.7 Å². The molecule has 184 valence electrons. The highest BCUT2D eigenvalue weighted by molar-refractivity contribution is 6.30. The SMILES string of the molecule is O=C(NC(Cc1cc(C(F)(F)F)nn1C1CCCC1)=Nc1cc(F)cc(Cl)c1)c1cccc(F)c1. The summed E-state index contributed by atoms with van der Waals surface area (Å²) in [6.45, 7) is 0. The van der Waals surface area contributed by atoms with Crippen molar-refractivity contribution >= 4 is 29.0 Å². The third-order valence-electron chi connectivity index (χ3n) is 5.58. The van der Waals surface area contributed by atoms with E-state index in [4.69, 9.17) is 11.6 Å². The van der Waals surface area contributed by atoms with Gasteiger partial charge in [0.15, 0.2) is 5.69 Å². The highest BCUT2D eigenvalue weighted by Gasteiger charge is 2.36. The predicted molar refractivity (Wildman–Crippen MR) is 121 cm³/mol. The summed E-state index contributed by atoms with van der Waals surface area (Å²) in [7, 11) is 0. The average Bonchev–Trinajstić information content (AvgIpc) is 3.42. The van der Waals surface area contributed by atoms with Gasteiger partial charge in [-0.3, -0.25) is 9.48 Å². The van der Waals surface area contributed by atoms with Crippen LogP contribution in [0, 0.1) is 11.6 Å². The lowest BCUT2D eigenvalue weighted by Crippen LogP contribution is -2.32. The fraction of sp³-hybridized carbons (Fsp3) is 0.292.